The molecule has 22 heavy (non-hydrogen) atoms. The molecule has 4 atom stereocenters. The molecule has 0 saturated heterocycles. The van der Waals surface area contributed by atoms with E-state index >= 15 is 0 Å². The molecule has 0 aromatic carbocycles. The van der Waals surface area contributed by atoms with Gasteiger partial charge in [-0.25, -0.2) is 0 Å². The van der Waals surface area contributed by atoms with Gasteiger partial charge in [-0.05, 0) is 68.1 Å². The van der Waals surface area contributed by atoms with E-state index in [4.69, 9.17) is 5.11 Å². The Balaban J connectivity index is 2.26. The lowest BCUT2D eigenvalue weighted by Crippen LogP contribution is -2.62. The van der Waals surface area contributed by atoms with Crippen molar-refractivity contribution in [3.8, 4) is 0 Å². The lowest BCUT2D eigenvalue weighted by atomic mass is 9.45. The number of allylic oxidation sites excluding steroid dienone is 1. The molecule has 0 aromatic heterocycles. The van der Waals surface area contributed by atoms with Gasteiger partial charge < -0.3 is 10.2 Å². The number of rotatable bonds is 4. The van der Waals surface area contributed by atoms with Crippen LogP contribution in [0, 0.1) is 22.7 Å². The van der Waals surface area contributed by atoms with Crippen molar-refractivity contribution in [2.24, 2.45) is 22.7 Å². The van der Waals surface area contributed by atoms with Gasteiger partial charge >= 0.3 is 0 Å². The summed E-state index contributed by atoms with van der Waals surface area (Å²) in [6, 6.07) is 0. The standard InChI is InChI=1S/C20H36O2/c1-15(10-14-21)8-12-19(5)16(2)9-13-20(22)17(19)7-6-11-18(20,3)4/h10,16-17,21-22H,6-9,11-14H2,1-5H3/b15-10+/t16-,17-,19+,20+/m1/s1. The fourth-order valence-corrected chi connectivity index (χ4v) is 5.32. The minimum atomic E-state index is -0.499. The second-order valence-corrected chi connectivity index (χ2v) is 8.93. The molecule has 2 nitrogen and oxygen atoms in total. The number of hydrogen-bond donors (Lipinski definition) is 2. The summed E-state index contributed by atoms with van der Waals surface area (Å²) in [4.78, 5) is 0. The molecule has 2 aliphatic rings. The van der Waals surface area contributed by atoms with Crippen LogP contribution in [0.3, 0.4) is 0 Å². The van der Waals surface area contributed by atoms with Gasteiger partial charge in [0.25, 0.3) is 0 Å². The first-order valence-corrected chi connectivity index (χ1v) is 9.16. The van der Waals surface area contributed by atoms with Crippen LogP contribution < -0.4 is 0 Å². The van der Waals surface area contributed by atoms with Crippen LogP contribution in [0.5, 0.6) is 0 Å². The summed E-state index contributed by atoms with van der Waals surface area (Å²) in [7, 11) is 0. The summed E-state index contributed by atoms with van der Waals surface area (Å²) < 4.78 is 0. The first kappa shape index (κ1) is 18.0. The molecule has 2 N–H and O–H groups in total. The average molecular weight is 309 g/mol. The quantitative estimate of drug-likeness (QED) is 0.739. The normalized spacial score (nSPS) is 42.0. The van der Waals surface area contributed by atoms with E-state index in [2.05, 4.69) is 34.6 Å². The van der Waals surface area contributed by atoms with E-state index in [-0.39, 0.29) is 17.4 Å². The predicted octanol–water partition coefficient (Wildman–Crippen LogP) is 4.70. The maximum Gasteiger partial charge on any atom is 0.0731 e. The Hall–Kier alpha value is -0.340. The van der Waals surface area contributed by atoms with Crippen LogP contribution in [0.2, 0.25) is 0 Å². The summed E-state index contributed by atoms with van der Waals surface area (Å²) in [5.41, 5.74) is 1.02. The molecular weight excluding hydrogens is 272 g/mol. The Morgan fingerprint density at radius 3 is 2.50 bits per heavy atom. The van der Waals surface area contributed by atoms with Crippen LogP contribution in [-0.4, -0.2) is 22.4 Å². The van der Waals surface area contributed by atoms with Crippen molar-refractivity contribution < 1.29 is 10.2 Å². The highest BCUT2D eigenvalue weighted by Gasteiger charge is 2.60. The van der Waals surface area contributed by atoms with Crippen LogP contribution in [0.1, 0.15) is 79.6 Å². The second kappa shape index (κ2) is 6.28. The molecular formula is C20H36O2. The van der Waals surface area contributed by atoms with Gasteiger partial charge in [0, 0.05) is 0 Å². The highest BCUT2D eigenvalue weighted by Crippen LogP contribution is 2.62. The van der Waals surface area contributed by atoms with E-state index in [0.29, 0.717) is 11.8 Å². The lowest BCUT2D eigenvalue weighted by molar-refractivity contribution is -0.212. The van der Waals surface area contributed by atoms with E-state index in [1.54, 1.807) is 0 Å². The van der Waals surface area contributed by atoms with Gasteiger partial charge in [-0.3, -0.25) is 0 Å². The van der Waals surface area contributed by atoms with Gasteiger partial charge in [-0.2, -0.15) is 0 Å². The SMILES string of the molecule is C/C(=C\CO)CC[C@@]1(C)[C@H](C)CC[C@]2(O)[C@@H]1CCCC2(C)C. The lowest BCUT2D eigenvalue weighted by Gasteiger charge is -2.62. The molecule has 0 aromatic rings. The van der Waals surface area contributed by atoms with Crippen LogP contribution in [0.25, 0.3) is 0 Å². The number of aliphatic hydroxyl groups is 2. The Morgan fingerprint density at radius 1 is 1.18 bits per heavy atom. The average Bonchev–Trinajstić information content (AvgIpc) is 2.44. The number of hydrogen-bond acceptors (Lipinski definition) is 2. The third-order valence-corrected chi connectivity index (χ3v) is 7.42. The second-order valence-electron chi connectivity index (χ2n) is 8.93. The summed E-state index contributed by atoms with van der Waals surface area (Å²) in [6.07, 6.45) is 9.75. The minimum Gasteiger partial charge on any atom is -0.392 e. The molecule has 2 saturated carbocycles. The molecule has 0 spiro atoms. The van der Waals surface area contributed by atoms with Crippen molar-refractivity contribution in [1.29, 1.82) is 0 Å². The highest BCUT2D eigenvalue weighted by atomic mass is 16.3. The Morgan fingerprint density at radius 2 is 1.86 bits per heavy atom. The number of fused-ring (bicyclic) bond motifs is 1. The maximum absolute atomic E-state index is 11.6. The van der Waals surface area contributed by atoms with Crippen molar-refractivity contribution in [3.05, 3.63) is 11.6 Å². The first-order valence-electron chi connectivity index (χ1n) is 9.16. The summed E-state index contributed by atoms with van der Waals surface area (Å²) >= 11 is 0. The molecule has 128 valence electrons. The van der Waals surface area contributed by atoms with E-state index in [9.17, 15) is 5.11 Å². The molecule has 2 rings (SSSR count). The van der Waals surface area contributed by atoms with Gasteiger partial charge in [-0.15, -0.1) is 0 Å². The van der Waals surface area contributed by atoms with Gasteiger partial charge in [0.05, 0.1) is 12.2 Å². The van der Waals surface area contributed by atoms with Crippen molar-refractivity contribution in [3.63, 3.8) is 0 Å². The molecule has 2 fully saturated rings. The topological polar surface area (TPSA) is 40.5 Å². The van der Waals surface area contributed by atoms with Crippen LogP contribution >= 0.6 is 0 Å². The van der Waals surface area contributed by atoms with E-state index in [1.807, 2.05) is 6.08 Å². The minimum absolute atomic E-state index is 0.0350. The Kier molecular flexibility index (Phi) is 5.14. The van der Waals surface area contributed by atoms with Gasteiger partial charge in [0.1, 0.15) is 0 Å². The fourth-order valence-electron chi connectivity index (χ4n) is 5.32. The molecule has 2 aliphatic carbocycles. The summed E-state index contributed by atoms with van der Waals surface area (Å²) in [5.74, 6) is 1.07. The van der Waals surface area contributed by atoms with Crippen molar-refractivity contribution in [1.82, 2.24) is 0 Å². The predicted molar refractivity (Wildman–Crippen MR) is 92.7 cm³/mol. The molecule has 0 heterocycles. The van der Waals surface area contributed by atoms with Gasteiger partial charge in [0.2, 0.25) is 0 Å². The van der Waals surface area contributed by atoms with Gasteiger partial charge in [-0.1, -0.05) is 45.8 Å². The maximum atomic E-state index is 11.6. The largest absolute Gasteiger partial charge is 0.392 e. The zero-order chi connectivity index (χ0) is 16.6. The zero-order valence-corrected chi connectivity index (χ0v) is 15.3. The fraction of sp³-hybridized carbons (Fsp3) is 0.900. The monoisotopic (exact) mass is 308 g/mol. The molecule has 0 radical (unpaired) electrons. The number of aliphatic hydroxyl groups excluding tert-OH is 1. The Labute approximate surface area is 137 Å². The van der Waals surface area contributed by atoms with Crippen LogP contribution in [0.15, 0.2) is 11.6 Å². The van der Waals surface area contributed by atoms with E-state index < -0.39 is 5.60 Å². The van der Waals surface area contributed by atoms with E-state index in [1.165, 1.54) is 18.4 Å². The summed E-state index contributed by atoms with van der Waals surface area (Å²) in [5, 5.41) is 20.7. The summed E-state index contributed by atoms with van der Waals surface area (Å²) in [6.45, 7) is 11.6. The molecule has 0 aliphatic heterocycles. The molecule has 0 bridgehead atoms. The smallest absolute Gasteiger partial charge is 0.0731 e. The zero-order valence-electron chi connectivity index (χ0n) is 15.3. The van der Waals surface area contributed by atoms with E-state index in [0.717, 1.165) is 32.1 Å². The van der Waals surface area contributed by atoms with Crippen molar-refractivity contribution in [2.75, 3.05) is 6.61 Å². The third kappa shape index (κ3) is 2.89. The van der Waals surface area contributed by atoms with Crippen LogP contribution in [0.4, 0.5) is 0 Å². The van der Waals surface area contributed by atoms with Crippen molar-refractivity contribution in [2.45, 2.75) is 85.2 Å². The molecule has 0 amide bonds. The first-order chi connectivity index (χ1) is 10.2. The third-order valence-electron chi connectivity index (χ3n) is 7.42. The van der Waals surface area contributed by atoms with Crippen LogP contribution in [-0.2, 0) is 0 Å². The van der Waals surface area contributed by atoms with Crippen molar-refractivity contribution >= 4 is 0 Å². The Bertz CT molecular complexity index is 425. The molecule has 2 heteroatoms. The molecule has 0 unspecified atom stereocenters. The van der Waals surface area contributed by atoms with Gasteiger partial charge in [0.15, 0.2) is 0 Å². The highest BCUT2D eigenvalue weighted by molar-refractivity contribution is 5.11.